The monoisotopic (exact) mass is 1590 g/mol. The topological polar surface area (TPSA) is 271 Å². The summed E-state index contributed by atoms with van der Waals surface area (Å²) in [5.74, 6) is -5.49. The summed E-state index contributed by atoms with van der Waals surface area (Å²) in [7, 11) is 0. The third kappa shape index (κ3) is 23.3. The van der Waals surface area contributed by atoms with Gasteiger partial charge in [-0.15, -0.1) is 11.6 Å². The van der Waals surface area contributed by atoms with Crippen molar-refractivity contribution in [3.05, 3.63) is 282 Å². The first kappa shape index (κ1) is 83.2. The molecule has 24 nitrogen and oxygen atoms in total. The van der Waals surface area contributed by atoms with Gasteiger partial charge in [-0.25, -0.2) is 9.59 Å². The van der Waals surface area contributed by atoms with Gasteiger partial charge >= 0.3 is 29.8 Å². The molecule has 0 radical (unpaired) electrons. The van der Waals surface area contributed by atoms with Gasteiger partial charge in [-0.05, 0) is 78.1 Å². The first-order chi connectivity index (χ1) is 55.0. The molecule has 4 fully saturated rings. The van der Waals surface area contributed by atoms with Gasteiger partial charge in [-0.3, -0.25) is 19.2 Å². The minimum Gasteiger partial charge on any atom is -0.463 e. The lowest BCUT2D eigenvalue weighted by molar-refractivity contribution is -0.391. The van der Waals surface area contributed by atoms with Gasteiger partial charge in [0.25, 0.3) is 0 Å². The molecular weight excluding hydrogens is 1490 g/mol. The van der Waals surface area contributed by atoms with E-state index >= 15 is 0 Å². The predicted octanol–water partition coefficient (Wildman–Crippen LogP) is 12.0. The van der Waals surface area contributed by atoms with Crippen molar-refractivity contribution in [2.45, 2.75) is 194 Å². The Morgan fingerprint density at radius 1 is 0.372 bits per heavy atom. The largest absolute Gasteiger partial charge is 0.463 e. The molecular formula is C87H92ClNO23S. The van der Waals surface area contributed by atoms with Crippen LogP contribution in [-0.2, 0) is 133 Å². The van der Waals surface area contributed by atoms with Gasteiger partial charge in [-0.1, -0.05) is 218 Å². The zero-order chi connectivity index (χ0) is 79.0. The van der Waals surface area contributed by atoms with Gasteiger partial charge in [0.2, 0.25) is 5.91 Å². The number of hydrogen-bond donors (Lipinski definition) is 1. The number of thioether (sulfide) groups is 1. The Morgan fingerprint density at radius 2 is 0.779 bits per heavy atom. The minimum absolute atomic E-state index is 0.00183. The number of nitrogens with one attached hydrogen (secondary N) is 1. The van der Waals surface area contributed by atoms with Crippen molar-refractivity contribution in [1.82, 2.24) is 5.32 Å². The second kappa shape index (κ2) is 41.7. The fraction of sp³-hybridized carbons (Fsp3) is 0.379. The highest BCUT2D eigenvalue weighted by Gasteiger charge is 2.60. The van der Waals surface area contributed by atoms with E-state index < -0.39 is 170 Å². The minimum atomic E-state index is -1.87. The van der Waals surface area contributed by atoms with Crippen molar-refractivity contribution in [3.8, 4) is 0 Å². The fourth-order valence-corrected chi connectivity index (χ4v) is 15.0. The standard InChI is InChI=1S/C87H92ClNO23S/c1-54-71(98-48-60-32-16-7-17-33-60)77(107-69(93)46-88)80(108-82(94)64-40-24-11-25-41-64)85(102-54)112-79-76(101-51-63-38-22-10-23-39-63)73(100-50-62-36-20-9-21-37-62)67(52-96-47-59-30-14-6-15-31-59)106-86(79)110-75-70(89-56(3)90)84(105-68(53-97-57(4)91)74(75)104-58(5)92)111-78-72(99-49-61-34-18-8-19-35-61)55(2)103-87(113-66-44-28-13-29-45-66)81(78)109-83(95)65-42-26-12-27-43-65/h6-45,54-55,67-68,70-81,84-87H,46-53H2,1-5H3,(H,89,90)/t54-,55-,67+,68+,70+,71-,72-,73-,74+,75+,76-,77+,78+,79+,80+,81+,84+,85-,86+,87-/m0/s1. The lowest BCUT2D eigenvalue weighted by Crippen LogP contribution is -2.71. The zero-order valence-corrected chi connectivity index (χ0v) is 64.5. The Hall–Kier alpha value is -9.26. The Morgan fingerprint density at radius 3 is 1.27 bits per heavy atom. The molecule has 12 rings (SSSR count). The maximum Gasteiger partial charge on any atom is 0.338 e. The SMILES string of the molecule is CC(=O)N[C@H]1[C@@H](O[C@@H]2[C@@H](OCc3ccccc3)[C@H](C)O[C@@H](Sc3ccccc3)[C@@H]2OC(=O)c2ccccc2)O[C@H](COC(C)=O)[C@@H](OC(C)=O)[C@@H]1O[C@H]1O[C@H](COCc2ccccc2)[C@H](OCc2ccccc2)[C@H](OCc2ccccc2)[C@H]1O[C@@H]1O[C@@H](C)[C@H](OCc2ccccc2)[C@@H](OC(=O)CCl)[C@H]1OC(=O)c1ccccc1. The molecule has 4 saturated heterocycles. The Balaban J connectivity index is 1.03. The summed E-state index contributed by atoms with van der Waals surface area (Å²) in [6.45, 7) is 6.06. The third-order valence-corrected chi connectivity index (χ3v) is 20.5. The lowest BCUT2D eigenvalue weighted by atomic mass is 9.93. The average molecular weight is 1590 g/mol. The number of carbonyl (C=O) groups is 6. The molecule has 1 amide bonds. The van der Waals surface area contributed by atoms with E-state index in [1.165, 1.54) is 25.6 Å². The van der Waals surface area contributed by atoms with E-state index in [9.17, 15) is 28.8 Å². The normalized spacial score (nSPS) is 27.5. The lowest BCUT2D eigenvalue weighted by Gasteiger charge is -2.52. The molecule has 4 aliphatic heterocycles. The summed E-state index contributed by atoms with van der Waals surface area (Å²) >= 11 is 7.56. The van der Waals surface area contributed by atoms with E-state index in [2.05, 4.69) is 5.32 Å². The molecule has 0 aromatic heterocycles. The number of amides is 1. The summed E-state index contributed by atoms with van der Waals surface area (Å²) in [4.78, 5) is 86.1. The molecule has 0 spiro atoms. The van der Waals surface area contributed by atoms with Crippen molar-refractivity contribution in [2.24, 2.45) is 0 Å². The Labute approximate surface area is 665 Å². The second-order valence-electron chi connectivity index (χ2n) is 27.4. The maximum absolute atomic E-state index is 14.9. The van der Waals surface area contributed by atoms with Gasteiger partial charge in [0.05, 0.1) is 63.0 Å². The quantitative estimate of drug-likeness (QED) is 0.0223. The van der Waals surface area contributed by atoms with Crippen LogP contribution in [0.4, 0.5) is 0 Å². The van der Waals surface area contributed by atoms with Crippen molar-refractivity contribution < 1.29 is 109 Å². The van der Waals surface area contributed by atoms with E-state index in [-0.39, 0.29) is 50.8 Å². The van der Waals surface area contributed by atoms with Crippen LogP contribution < -0.4 is 5.32 Å². The van der Waals surface area contributed by atoms with Crippen LogP contribution in [0.5, 0.6) is 0 Å². The van der Waals surface area contributed by atoms with Gasteiger partial charge in [-0.2, -0.15) is 0 Å². The first-order valence-electron chi connectivity index (χ1n) is 37.4. The van der Waals surface area contributed by atoms with Crippen LogP contribution in [0.1, 0.15) is 83.2 Å². The highest BCUT2D eigenvalue weighted by atomic mass is 35.5. The molecule has 4 heterocycles. The number of rotatable bonds is 34. The van der Waals surface area contributed by atoms with Crippen LogP contribution in [0.15, 0.2) is 248 Å². The summed E-state index contributed by atoms with van der Waals surface area (Å²) in [5.41, 5.74) is 3.04. The van der Waals surface area contributed by atoms with Crippen LogP contribution >= 0.6 is 23.4 Å². The van der Waals surface area contributed by atoms with Crippen LogP contribution in [-0.4, -0.2) is 177 Å². The van der Waals surface area contributed by atoms with Crippen LogP contribution in [0.25, 0.3) is 0 Å². The smallest absolute Gasteiger partial charge is 0.338 e. The van der Waals surface area contributed by atoms with E-state index in [1.54, 1.807) is 74.5 Å². The highest BCUT2D eigenvalue weighted by molar-refractivity contribution is 7.99. The van der Waals surface area contributed by atoms with Gasteiger partial charge in [0, 0.05) is 25.7 Å². The molecule has 0 unspecified atom stereocenters. The number of ether oxygens (including phenoxy) is 17. The molecule has 0 saturated carbocycles. The number of carbonyl (C=O) groups excluding carboxylic acids is 6. The number of hydrogen-bond acceptors (Lipinski definition) is 24. The summed E-state index contributed by atoms with van der Waals surface area (Å²) < 4.78 is 117. The fourth-order valence-electron chi connectivity index (χ4n) is 13.8. The van der Waals surface area contributed by atoms with Crippen molar-refractivity contribution >= 4 is 59.1 Å². The molecule has 26 heteroatoms. The molecule has 113 heavy (non-hydrogen) atoms. The van der Waals surface area contributed by atoms with E-state index in [0.717, 1.165) is 34.1 Å². The molecule has 20 atom stereocenters. The van der Waals surface area contributed by atoms with Crippen molar-refractivity contribution in [3.63, 3.8) is 0 Å². The summed E-state index contributed by atoms with van der Waals surface area (Å²) in [5, 5.41) is 3.01. The van der Waals surface area contributed by atoms with Crippen LogP contribution in [0.2, 0.25) is 0 Å². The Kier molecular flexibility index (Phi) is 30.7. The molecule has 4 aliphatic rings. The molecule has 1 N–H and O–H groups in total. The van der Waals surface area contributed by atoms with E-state index in [0.29, 0.717) is 5.56 Å². The molecule has 8 aromatic carbocycles. The van der Waals surface area contributed by atoms with Crippen molar-refractivity contribution in [1.29, 1.82) is 0 Å². The van der Waals surface area contributed by atoms with Gasteiger partial charge in [0.15, 0.2) is 43.3 Å². The van der Waals surface area contributed by atoms with Crippen molar-refractivity contribution in [2.75, 3.05) is 19.1 Å². The zero-order valence-electron chi connectivity index (χ0n) is 63.0. The molecule has 8 aromatic rings. The van der Waals surface area contributed by atoms with Crippen LogP contribution in [0.3, 0.4) is 0 Å². The van der Waals surface area contributed by atoms with Gasteiger partial charge < -0.3 is 85.8 Å². The predicted molar refractivity (Wildman–Crippen MR) is 411 cm³/mol. The van der Waals surface area contributed by atoms with E-state index in [4.69, 9.17) is 92.1 Å². The summed E-state index contributed by atoms with van der Waals surface area (Å²) in [6.07, 6.45) is -26.2. The second-order valence-corrected chi connectivity index (χ2v) is 28.9. The van der Waals surface area contributed by atoms with Gasteiger partial charge in [0.1, 0.15) is 78.9 Å². The molecule has 0 aliphatic carbocycles. The number of esters is 5. The van der Waals surface area contributed by atoms with E-state index in [1.807, 2.05) is 182 Å². The number of halogens is 1. The Bertz CT molecular complexity index is 4270. The first-order valence-corrected chi connectivity index (χ1v) is 38.8. The number of alkyl halides is 1. The maximum atomic E-state index is 14.9. The highest BCUT2D eigenvalue weighted by Crippen LogP contribution is 2.43. The molecule has 0 bridgehead atoms. The average Bonchev–Trinajstić information content (AvgIpc) is 0.754. The molecule has 596 valence electrons. The van der Waals surface area contributed by atoms with Crippen LogP contribution in [0, 0.1) is 0 Å². The third-order valence-electron chi connectivity index (χ3n) is 19.1. The number of benzene rings is 8. The summed E-state index contributed by atoms with van der Waals surface area (Å²) in [6, 6.07) is 70.8.